The molecular formula is C17H21N3O. The summed E-state index contributed by atoms with van der Waals surface area (Å²) in [6.07, 6.45) is 11.0. The lowest BCUT2D eigenvalue weighted by Crippen LogP contribution is -2.35. The average Bonchev–Trinajstić information content (AvgIpc) is 3.05. The van der Waals surface area contributed by atoms with Crippen LogP contribution >= 0.6 is 0 Å². The Hall–Kier alpha value is -2.10. The summed E-state index contributed by atoms with van der Waals surface area (Å²) in [4.78, 5) is 11.2. The van der Waals surface area contributed by atoms with E-state index in [4.69, 9.17) is 9.40 Å². The van der Waals surface area contributed by atoms with Crippen molar-refractivity contribution >= 4 is 18.0 Å². The molecule has 0 radical (unpaired) electrons. The van der Waals surface area contributed by atoms with Gasteiger partial charge in [0.25, 0.3) is 0 Å². The summed E-state index contributed by atoms with van der Waals surface area (Å²) in [6, 6.07) is 2.13. The highest BCUT2D eigenvalue weighted by Crippen LogP contribution is 2.19. The molecule has 3 rings (SSSR count). The minimum Gasteiger partial charge on any atom is -0.443 e. The van der Waals surface area contributed by atoms with Crippen LogP contribution in [0.5, 0.6) is 0 Å². The van der Waals surface area contributed by atoms with Gasteiger partial charge in [-0.2, -0.15) is 0 Å². The van der Waals surface area contributed by atoms with E-state index >= 15 is 0 Å². The van der Waals surface area contributed by atoms with Crippen LogP contribution in [0.25, 0.3) is 23.5 Å². The fourth-order valence-corrected chi connectivity index (χ4v) is 2.80. The fraction of sp³-hybridized carbons (Fsp3) is 0.412. The van der Waals surface area contributed by atoms with E-state index in [1.165, 1.54) is 11.6 Å². The van der Waals surface area contributed by atoms with E-state index in [1.54, 1.807) is 6.20 Å². The number of pyridine rings is 1. The van der Waals surface area contributed by atoms with Crippen molar-refractivity contribution in [1.29, 1.82) is 0 Å². The molecule has 2 aromatic heterocycles. The molecule has 2 heterocycles. The summed E-state index contributed by atoms with van der Waals surface area (Å²) in [5.74, 6) is 1.84. The molecule has 0 aliphatic heterocycles. The van der Waals surface area contributed by atoms with Crippen molar-refractivity contribution in [2.75, 3.05) is 18.0 Å². The lowest BCUT2D eigenvalue weighted by molar-refractivity contribution is 0.571. The molecule has 0 saturated carbocycles. The van der Waals surface area contributed by atoms with Crippen LogP contribution in [0.15, 0.2) is 23.1 Å². The summed E-state index contributed by atoms with van der Waals surface area (Å²) >= 11 is 0. The number of hydrogen-bond donors (Lipinski definition) is 0. The predicted octanol–water partition coefficient (Wildman–Crippen LogP) is 2.33. The third-order valence-electron chi connectivity index (χ3n) is 3.82. The van der Waals surface area contributed by atoms with Crippen molar-refractivity contribution in [2.45, 2.75) is 33.1 Å². The first-order valence-electron chi connectivity index (χ1n) is 7.68. The molecule has 110 valence electrons. The molecule has 0 bridgehead atoms. The largest absolute Gasteiger partial charge is 0.443 e. The van der Waals surface area contributed by atoms with Crippen LogP contribution in [0.2, 0.25) is 0 Å². The highest BCUT2D eigenvalue weighted by Gasteiger charge is 2.13. The van der Waals surface area contributed by atoms with Gasteiger partial charge in [0.2, 0.25) is 0 Å². The average molecular weight is 283 g/mol. The van der Waals surface area contributed by atoms with Crippen molar-refractivity contribution in [1.82, 2.24) is 9.97 Å². The Morgan fingerprint density at radius 3 is 2.81 bits per heavy atom. The lowest BCUT2D eigenvalue weighted by atomic mass is 10.1. The van der Waals surface area contributed by atoms with Crippen LogP contribution in [0.3, 0.4) is 0 Å². The Kier molecular flexibility index (Phi) is 4.04. The van der Waals surface area contributed by atoms with Crippen LogP contribution in [0.1, 0.15) is 33.1 Å². The number of oxazole rings is 1. The first-order chi connectivity index (χ1) is 10.3. The van der Waals surface area contributed by atoms with Gasteiger partial charge in [-0.05, 0) is 32.3 Å². The van der Waals surface area contributed by atoms with Gasteiger partial charge in [0, 0.05) is 23.9 Å². The SMILES string of the molecule is CCCN(CC)c1cc(-c2cnco2)c2c(n1)=CCCC=2. The fourth-order valence-electron chi connectivity index (χ4n) is 2.80. The van der Waals surface area contributed by atoms with E-state index in [2.05, 4.69) is 41.9 Å². The van der Waals surface area contributed by atoms with Crippen LogP contribution in [0, 0.1) is 0 Å². The summed E-state index contributed by atoms with van der Waals surface area (Å²) in [5.41, 5.74) is 1.10. The number of nitrogens with zero attached hydrogens (tertiary/aromatic N) is 3. The molecule has 0 unspecified atom stereocenters. The van der Waals surface area contributed by atoms with Gasteiger partial charge in [0.1, 0.15) is 5.82 Å². The van der Waals surface area contributed by atoms with Gasteiger partial charge in [-0.25, -0.2) is 9.97 Å². The first kappa shape index (κ1) is 13.9. The Balaban J connectivity index is 2.19. The van der Waals surface area contributed by atoms with Gasteiger partial charge < -0.3 is 9.32 Å². The minimum absolute atomic E-state index is 0.814. The van der Waals surface area contributed by atoms with E-state index in [-0.39, 0.29) is 0 Å². The first-order valence-corrected chi connectivity index (χ1v) is 7.68. The molecule has 0 atom stereocenters. The minimum atomic E-state index is 0.814. The van der Waals surface area contributed by atoms with Gasteiger partial charge in [-0.3, -0.25) is 0 Å². The molecule has 0 amide bonds. The van der Waals surface area contributed by atoms with Crippen LogP contribution in [0.4, 0.5) is 5.82 Å². The lowest BCUT2D eigenvalue weighted by Gasteiger charge is -2.22. The predicted molar refractivity (Wildman–Crippen MR) is 85.3 cm³/mol. The standard InChI is InChI=1S/C17H21N3O/c1-3-9-20(4-2)17-10-14(16-11-18-12-21-16)13-7-5-6-8-15(13)19-17/h7-8,10-12H,3-6,9H2,1-2H3. The highest BCUT2D eigenvalue weighted by molar-refractivity contribution is 5.65. The van der Waals surface area contributed by atoms with Crippen molar-refractivity contribution in [3.8, 4) is 11.3 Å². The smallest absolute Gasteiger partial charge is 0.181 e. The van der Waals surface area contributed by atoms with Crippen LogP contribution in [-0.2, 0) is 0 Å². The second-order valence-corrected chi connectivity index (χ2v) is 5.26. The molecule has 21 heavy (non-hydrogen) atoms. The molecule has 0 spiro atoms. The zero-order valence-electron chi connectivity index (χ0n) is 12.7. The quantitative estimate of drug-likeness (QED) is 0.844. The van der Waals surface area contributed by atoms with E-state index in [9.17, 15) is 0 Å². The topological polar surface area (TPSA) is 42.2 Å². The Morgan fingerprint density at radius 2 is 2.10 bits per heavy atom. The molecule has 4 nitrogen and oxygen atoms in total. The number of rotatable bonds is 5. The summed E-state index contributed by atoms with van der Waals surface area (Å²) in [6.45, 7) is 6.33. The molecular weight excluding hydrogens is 262 g/mol. The third-order valence-corrected chi connectivity index (χ3v) is 3.82. The third kappa shape index (κ3) is 2.71. The monoisotopic (exact) mass is 283 g/mol. The van der Waals surface area contributed by atoms with Crippen LogP contribution < -0.4 is 15.5 Å². The van der Waals surface area contributed by atoms with Gasteiger partial charge in [-0.15, -0.1) is 0 Å². The molecule has 0 saturated heterocycles. The van der Waals surface area contributed by atoms with Crippen molar-refractivity contribution in [2.24, 2.45) is 0 Å². The molecule has 2 aromatic rings. The molecule has 0 aromatic carbocycles. The summed E-state index contributed by atoms with van der Waals surface area (Å²) in [7, 11) is 0. The van der Waals surface area contributed by atoms with Gasteiger partial charge in [0.05, 0.1) is 11.5 Å². The zero-order valence-corrected chi connectivity index (χ0v) is 12.7. The number of aromatic nitrogens is 2. The maximum absolute atomic E-state index is 5.52. The highest BCUT2D eigenvalue weighted by atomic mass is 16.3. The Morgan fingerprint density at radius 1 is 1.24 bits per heavy atom. The Labute approximate surface area is 124 Å². The van der Waals surface area contributed by atoms with Gasteiger partial charge >= 0.3 is 0 Å². The molecule has 0 fully saturated rings. The Bertz CT molecular complexity index is 719. The maximum Gasteiger partial charge on any atom is 0.181 e. The molecule has 1 aliphatic rings. The van der Waals surface area contributed by atoms with E-state index < -0.39 is 0 Å². The second-order valence-electron chi connectivity index (χ2n) is 5.26. The zero-order chi connectivity index (χ0) is 14.7. The summed E-state index contributed by atoms with van der Waals surface area (Å²) in [5, 5.41) is 2.24. The van der Waals surface area contributed by atoms with Crippen LogP contribution in [-0.4, -0.2) is 23.1 Å². The van der Waals surface area contributed by atoms with Crippen molar-refractivity contribution in [3.63, 3.8) is 0 Å². The number of fused-ring (bicyclic) bond motifs is 1. The summed E-state index contributed by atoms with van der Waals surface area (Å²) < 4.78 is 5.52. The molecule has 0 N–H and O–H groups in total. The van der Waals surface area contributed by atoms with E-state index in [0.717, 1.165) is 54.8 Å². The van der Waals surface area contributed by atoms with Crippen molar-refractivity contribution < 1.29 is 4.42 Å². The van der Waals surface area contributed by atoms with E-state index in [1.807, 2.05) is 0 Å². The number of hydrogen-bond acceptors (Lipinski definition) is 4. The molecule has 4 heteroatoms. The maximum atomic E-state index is 5.52. The second kappa shape index (κ2) is 6.12. The van der Waals surface area contributed by atoms with Gasteiger partial charge in [0.15, 0.2) is 12.2 Å². The van der Waals surface area contributed by atoms with Gasteiger partial charge in [-0.1, -0.05) is 19.1 Å². The normalized spacial score (nSPS) is 13.2. The van der Waals surface area contributed by atoms with Crippen molar-refractivity contribution in [3.05, 3.63) is 29.2 Å². The molecule has 1 aliphatic carbocycles. The van der Waals surface area contributed by atoms with E-state index in [0.29, 0.717) is 0 Å². The number of anilines is 1.